The van der Waals surface area contributed by atoms with E-state index in [-0.39, 0.29) is 19.5 Å². The highest BCUT2D eigenvalue weighted by Gasteiger charge is 2.27. The highest BCUT2D eigenvalue weighted by atomic mass is 19.4. The summed E-state index contributed by atoms with van der Waals surface area (Å²) < 4.78 is 53.5. The predicted octanol–water partition coefficient (Wildman–Crippen LogP) is 8.14. The third-order valence-corrected chi connectivity index (χ3v) is 5.56. The van der Waals surface area contributed by atoms with Crippen molar-refractivity contribution in [2.24, 2.45) is 0 Å². The summed E-state index contributed by atoms with van der Waals surface area (Å²) in [7, 11) is 0. The van der Waals surface area contributed by atoms with Crippen LogP contribution < -0.4 is 14.8 Å². The summed E-state index contributed by atoms with van der Waals surface area (Å²) in [5.41, 5.74) is 3.51. The van der Waals surface area contributed by atoms with E-state index in [0.717, 1.165) is 11.1 Å². The first-order chi connectivity index (χ1) is 20.1. The number of alkyl halides is 3. The van der Waals surface area contributed by atoms with Gasteiger partial charge in [0.2, 0.25) is 0 Å². The summed E-state index contributed by atoms with van der Waals surface area (Å²) in [6.07, 6.45) is -2.57. The molecule has 1 N–H and O–H groups in total. The molecular formula is C31H31F3N4O4. The molecule has 1 heterocycles. The number of hydrogen-bond donors (Lipinski definition) is 1. The fourth-order valence-corrected chi connectivity index (χ4v) is 3.69. The summed E-state index contributed by atoms with van der Waals surface area (Å²) in [5.74, 6) is 0.889. The molecule has 0 aliphatic rings. The summed E-state index contributed by atoms with van der Waals surface area (Å²) >= 11 is 0. The molecule has 4 aromatic rings. The van der Waals surface area contributed by atoms with Crippen molar-refractivity contribution in [3.05, 3.63) is 78.5 Å². The molecule has 220 valence electrons. The van der Waals surface area contributed by atoms with E-state index in [1.54, 1.807) is 24.4 Å². The highest BCUT2D eigenvalue weighted by molar-refractivity contribution is 5.82. The van der Waals surface area contributed by atoms with E-state index in [1.807, 2.05) is 50.2 Å². The van der Waals surface area contributed by atoms with Crippen molar-refractivity contribution in [3.8, 4) is 34.4 Å². The Labute approximate surface area is 242 Å². The fourth-order valence-electron chi connectivity index (χ4n) is 3.69. The molecule has 0 aliphatic heterocycles. The Balaban J connectivity index is 0.00000211. The van der Waals surface area contributed by atoms with E-state index in [2.05, 4.69) is 21.9 Å². The van der Waals surface area contributed by atoms with Crippen molar-refractivity contribution in [2.75, 3.05) is 18.7 Å². The minimum Gasteiger partial charge on any atom is -0.491 e. The normalized spacial score (nSPS) is 10.6. The van der Waals surface area contributed by atoms with Crippen LogP contribution in [0.4, 0.5) is 19.0 Å². The van der Waals surface area contributed by atoms with Crippen LogP contribution in [0.15, 0.2) is 67.4 Å². The monoisotopic (exact) mass is 580 g/mol. The predicted molar refractivity (Wildman–Crippen MR) is 156 cm³/mol. The zero-order valence-electron chi connectivity index (χ0n) is 23.3. The Morgan fingerprint density at radius 3 is 2.43 bits per heavy atom. The van der Waals surface area contributed by atoms with Gasteiger partial charge in [-0.1, -0.05) is 44.7 Å². The molecule has 0 saturated heterocycles. The zero-order valence-corrected chi connectivity index (χ0v) is 23.3. The minimum absolute atomic E-state index is 0. The lowest BCUT2D eigenvalue weighted by molar-refractivity contribution is -0.140. The number of hydrogen-bond acceptors (Lipinski definition) is 8. The lowest BCUT2D eigenvalue weighted by Gasteiger charge is -2.14. The van der Waals surface area contributed by atoms with Crippen LogP contribution in [0.1, 0.15) is 39.7 Å². The first kappa shape index (κ1) is 31.4. The molecule has 4 rings (SSSR count). The van der Waals surface area contributed by atoms with Gasteiger partial charge < -0.3 is 19.5 Å². The van der Waals surface area contributed by atoms with Gasteiger partial charge in [0.1, 0.15) is 29.1 Å². The number of esters is 1. The number of aromatic nitrogens is 2. The molecule has 0 amide bonds. The van der Waals surface area contributed by atoms with E-state index in [0.29, 0.717) is 33.9 Å². The van der Waals surface area contributed by atoms with E-state index < -0.39 is 25.2 Å². The summed E-state index contributed by atoms with van der Waals surface area (Å²) in [6, 6.07) is 17.7. The molecule has 8 nitrogen and oxygen atoms in total. The molecule has 11 heteroatoms. The molecule has 0 aliphatic carbocycles. The van der Waals surface area contributed by atoms with E-state index in [4.69, 9.17) is 14.2 Å². The van der Waals surface area contributed by atoms with Crippen LogP contribution in [-0.4, -0.2) is 35.5 Å². The number of halogens is 3. The van der Waals surface area contributed by atoms with Crippen molar-refractivity contribution < 1.29 is 33.6 Å². The Bertz CT molecular complexity index is 1590. The topological polar surface area (TPSA) is 106 Å². The van der Waals surface area contributed by atoms with Gasteiger partial charge in [0, 0.05) is 20.0 Å². The molecule has 0 atom stereocenters. The van der Waals surface area contributed by atoms with E-state index >= 15 is 0 Å². The summed E-state index contributed by atoms with van der Waals surface area (Å²) in [4.78, 5) is 19.8. The van der Waals surface area contributed by atoms with Gasteiger partial charge >= 0.3 is 12.1 Å². The quantitative estimate of drug-likeness (QED) is 0.148. The largest absolute Gasteiger partial charge is 0.491 e. The third-order valence-electron chi connectivity index (χ3n) is 5.56. The maximum atomic E-state index is 12.5. The Hall–Kier alpha value is -5.11. The van der Waals surface area contributed by atoms with Crippen LogP contribution >= 0.6 is 0 Å². The number of nitrogens with one attached hydrogen (secondary N) is 1. The van der Waals surface area contributed by atoms with Crippen LogP contribution in [-0.2, 0) is 9.53 Å². The average molecular weight is 581 g/mol. The van der Waals surface area contributed by atoms with E-state index in [9.17, 15) is 23.2 Å². The van der Waals surface area contributed by atoms with Crippen molar-refractivity contribution >= 4 is 28.9 Å². The summed E-state index contributed by atoms with van der Waals surface area (Å²) in [5, 5.41) is 12.4. The molecule has 0 saturated carbocycles. The molecular weight excluding hydrogens is 549 g/mol. The van der Waals surface area contributed by atoms with Gasteiger partial charge in [-0.05, 0) is 41.5 Å². The number of nitrogens with zero attached hydrogens (tertiary/aromatic N) is 3. The molecule has 1 aromatic heterocycles. The van der Waals surface area contributed by atoms with Crippen molar-refractivity contribution in [1.82, 2.24) is 9.97 Å². The standard InChI is InChI=1S/C29H23F3N4O4.C2H6.H2/c1-3-19-12-24(13-22(15-33)28(19)38-11-10-29(30,31)32)40-23-7-4-20(5-8-23)21-6-9-25-26(14-21)34-16-27(36-25)35-17-39-18(2)37;1-2;/h3-9,12-14,16H,1,10-11,17H2,2H3,(H,35,36);1-2H3;1H. The first-order valence-corrected chi connectivity index (χ1v) is 13.0. The second kappa shape index (κ2) is 14.5. The van der Waals surface area contributed by atoms with Crippen LogP contribution in [0, 0.1) is 11.3 Å². The van der Waals surface area contributed by atoms with Gasteiger partial charge in [-0.3, -0.25) is 9.78 Å². The highest BCUT2D eigenvalue weighted by Crippen LogP contribution is 2.34. The number of nitriles is 1. The van der Waals surface area contributed by atoms with Gasteiger partial charge in [-0.25, -0.2) is 4.98 Å². The number of anilines is 1. The number of benzene rings is 3. The van der Waals surface area contributed by atoms with Crippen molar-refractivity contribution in [3.63, 3.8) is 0 Å². The lowest BCUT2D eigenvalue weighted by atomic mass is 10.0. The third kappa shape index (κ3) is 8.69. The SMILES string of the molecule is C=Cc1cc(Oc2ccc(-c3ccc4nc(NCOC(C)=O)cnc4c3)cc2)cc(C#N)c1OCCC(F)(F)F.CC.[HH]. The fraction of sp³-hybridized carbons (Fsp3) is 0.226. The number of carbonyl (C=O) groups is 1. The Morgan fingerprint density at radius 2 is 1.79 bits per heavy atom. The summed E-state index contributed by atoms with van der Waals surface area (Å²) in [6.45, 7) is 8.36. The second-order valence-electron chi connectivity index (χ2n) is 8.46. The lowest BCUT2D eigenvalue weighted by Crippen LogP contribution is -2.13. The molecule has 0 spiro atoms. The maximum Gasteiger partial charge on any atom is 0.392 e. The van der Waals surface area contributed by atoms with Gasteiger partial charge in [-0.2, -0.15) is 18.4 Å². The van der Waals surface area contributed by atoms with Gasteiger partial charge in [0.25, 0.3) is 0 Å². The molecule has 0 radical (unpaired) electrons. The van der Waals surface area contributed by atoms with Gasteiger partial charge in [0.05, 0.1) is 35.8 Å². The van der Waals surface area contributed by atoms with Crippen LogP contribution in [0.5, 0.6) is 17.2 Å². The van der Waals surface area contributed by atoms with Crippen LogP contribution in [0.3, 0.4) is 0 Å². The molecule has 0 bridgehead atoms. The second-order valence-corrected chi connectivity index (χ2v) is 8.46. The number of fused-ring (bicyclic) bond motifs is 1. The van der Waals surface area contributed by atoms with Gasteiger partial charge in [-0.15, -0.1) is 0 Å². The zero-order chi connectivity index (χ0) is 30.7. The Morgan fingerprint density at radius 1 is 1.07 bits per heavy atom. The minimum atomic E-state index is -4.37. The molecule has 0 unspecified atom stereocenters. The van der Waals surface area contributed by atoms with Gasteiger partial charge in [0.15, 0.2) is 6.73 Å². The number of carbonyl (C=O) groups excluding carboxylic acids is 1. The molecule has 0 fully saturated rings. The van der Waals surface area contributed by atoms with Crippen LogP contribution in [0.2, 0.25) is 0 Å². The molecule has 42 heavy (non-hydrogen) atoms. The molecule has 3 aromatic carbocycles. The first-order valence-electron chi connectivity index (χ1n) is 13.0. The van der Waals surface area contributed by atoms with Crippen molar-refractivity contribution in [2.45, 2.75) is 33.4 Å². The Kier molecular flexibility index (Phi) is 10.8. The maximum absolute atomic E-state index is 12.5. The smallest absolute Gasteiger partial charge is 0.392 e. The number of ether oxygens (including phenoxy) is 3. The van der Waals surface area contributed by atoms with Crippen LogP contribution in [0.25, 0.3) is 28.2 Å². The van der Waals surface area contributed by atoms with Crippen molar-refractivity contribution in [1.29, 1.82) is 5.26 Å². The number of rotatable bonds is 10. The average Bonchev–Trinajstić information content (AvgIpc) is 2.97. The van der Waals surface area contributed by atoms with E-state index in [1.165, 1.54) is 19.1 Å².